The van der Waals surface area contributed by atoms with Crippen LogP contribution in [0.1, 0.15) is 5.56 Å². The number of hydrogen-bond donors (Lipinski definition) is 0. The molecule has 1 heterocycles. The van der Waals surface area contributed by atoms with E-state index in [0.29, 0.717) is 5.32 Å². The van der Waals surface area contributed by atoms with Crippen LogP contribution in [0, 0.1) is 0 Å². The van der Waals surface area contributed by atoms with Gasteiger partial charge in [0.15, 0.2) is 0 Å². The summed E-state index contributed by atoms with van der Waals surface area (Å²) in [5.74, 6) is 0.965. The summed E-state index contributed by atoms with van der Waals surface area (Å²) in [6.07, 6.45) is 1.07. The molecule has 63 valence electrons. The van der Waals surface area contributed by atoms with Crippen LogP contribution in [0.25, 0.3) is 0 Å². The zero-order chi connectivity index (χ0) is 8.39. The number of benzene rings is 1. The van der Waals surface area contributed by atoms with Gasteiger partial charge in [-0.1, -0.05) is 0 Å². The molecule has 2 nitrogen and oxygen atoms in total. The number of ether oxygens (including phenoxy) is 1. The molecule has 0 N–H and O–H groups in total. The molecule has 0 spiro atoms. The first kappa shape index (κ1) is 7.96. The number of rotatable bonds is 2. The van der Waals surface area contributed by atoms with E-state index in [0.717, 1.165) is 12.2 Å². The third-order valence-corrected chi connectivity index (χ3v) is 3.03. The molecule has 1 aliphatic rings. The molecule has 1 atom stereocenters. The van der Waals surface area contributed by atoms with Gasteiger partial charge in [-0.3, -0.25) is 0 Å². The van der Waals surface area contributed by atoms with Crippen LogP contribution in [-0.2, 0) is 10.3 Å². The summed E-state index contributed by atoms with van der Waals surface area (Å²) in [7, 11) is 0. The molecular formula is C9H9O2Se. The second-order valence-corrected chi connectivity index (χ2v) is 4.03. The second kappa shape index (κ2) is 3.38. The minimum absolute atomic E-state index is 0.153. The van der Waals surface area contributed by atoms with Crippen molar-refractivity contribution in [1.29, 1.82) is 0 Å². The molecule has 2 rings (SSSR count). The first-order chi connectivity index (χ1) is 5.90. The standard InChI is InChI=1S/C9H9O2Se/c10-12-6-8-5-7-3-1-2-4-9(7)11-8/h1-4,8H,5-6H2. The van der Waals surface area contributed by atoms with E-state index < -0.39 is 14.9 Å². The van der Waals surface area contributed by atoms with Crippen LogP contribution in [0.3, 0.4) is 0 Å². The van der Waals surface area contributed by atoms with Gasteiger partial charge in [-0.25, -0.2) is 0 Å². The molecular weight excluding hydrogens is 219 g/mol. The quantitative estimate of drug-likeness (QED) is 0.716. The Morgan fingerprint density at radius 2 is 2.33 bits per heavy atom. The van der Waals surface area contributed by atoms with Crippen molar-refractivity contribution in [3.63, 3.8) is 0 Å². The van der Waals surface area contributed by atoms with Crippen LogP contribution in [0.15, 0.2) is 24.3 Å². The van der Waals surface area contributed by atoms with Crippen LogP contribution >= 0.6 is 0 Å². The summed E-state index contributed by atoms with van der Waals surface area (Å²) in [5, 5.41) is 0.682. The van der Waals surface area contributed by atoms with Crippen molar-refractivity contribution in [3.05, 3.63) is 29.8 Å². The molecule has 12 heavy (non-hydrogen) atoms. The van der Waals surface area contributed by atoms with Crippen molar-refractivity contribution in [2.75, 3.05) is 0 Å². The van der Waals surface area contributed by atoms with E-state index in [1.165, 1.54) is 5.56 Å². The fourth-order valence-corrected chi connectivity index (χ4v) is 2.13. The maximum atomic E-state index is 10.4. The Balaban J connectivity index is 2.16. The number of fused-ring (bicyclic) bond motifs is 1. The molecule has 0 amide bonds. The van der Waals surface area contributed by atoms with Crippen LogP contribution in [0.5, 0.6) is 5.75 Å². The van der Waals surface area contributed by atoms with Gasteiger partial charge in [0.1, 0.15) is 0 Å². The predicted octanol–water partition coefficient (Wildman–Crippen LogP) is 1.46. The minimum atomic E-state index is -0.521. The fourth-order valence-electron chi connectivity index (χ4n) is 1.42. The van der Waals surface area contributed by atoms with Gasteiger partial charge in [-0.15, -0.1) is 0 Å². The molecule has 0 aromatic heterocycles. The predicted molar refractivity (Wildman–Crippen MR) is 45.8 cm³/mol. The third-order valence-electron chi connectivity index (χ3n) is 1.97. The molecule has 1 aromatic carbocycles. The van der Waals surface area contributed by atoms with Crippen molar-refractivity contribution >= 4 is 14.9 Å². The molecule has 1 aliphatic heterocycles. The van der Waals surface area contributed by atoms with Crippen molar-refractivity contribution in [1.82, 2.24) is 0 Å². The topological polar surface area (TPSA) is 26.3 Å². The van der Waals surface area contributed by atoms with Gasteiger partial charge in [-0.2, -0.15) is 0 Å². The van der Waals surface area contributed by atoms with Crippen molar-refractivity contribution in [3.8, 4) is 5.75 Å². The average molecular weight is 228 g/mol. The monoisotopic (exact) mass is 229 g/mol. The van der Waals surface area contributed by atoms with Crippen LogP contribution < -0.4 is 4.74 Å². The zero-order valence-corrected chi connectivity index (χ0v) is 8.24. The van der Waals surface area contributed by atoms with Crippen molar-refractivity contribution < 1.29 is 8.57 Å². The summed E-state index contributed by atoms with van der Waals surface area (Å²) in [5.41, 5.74) is 1.24. The molecule has 0 saturated heterocycles. The van der Waals surface area contributed by atoms with E-state index in [-0.39, 0.29) is 6.10 Å². The van der Waals surface area contributed by atoms with Gasteiger partial charge in [0, 0.05) is 0 Å². The molecule has 3 heteroatoms. The molecule has 0 aliphatic carbocycles. The summed E-state index contributed by atoms with van der Waals surface area (Å²) in [6, 6.07) is 8.00. The van der Waals surface area contributed by atoms with Crippen LogP contribution in [0.2, 0.25) is 5.32 Å². The van der Waals surface area contributed by atoms with Gasteiger partial charge in [0.2, 0.25) is 0 Å². The van der Waals surface area contributed by atoms with E-state index in [1.807, 2.05) is 18.2 Å². The SMILES string of the molecule is O=[Se]CC1Cc2ccccc2O1. The average Bonchev–Trinajstić information content (AvgIpc) is 2.47. The molecule has 1 radical (unpaired) electrons. The van der Waals surface area contributed by atoms with E-state index in [1.54, 1.807) is 0 Å². The van der Waals surface area contributed by atoms with Gasteiger partial charge < -0.3 is 0 Å². The Morgan fingerprint density at radius 1 is 1.50 bits per heavy atom. The Hall–Kier alpha value is -0.661. The molecule has 0 saturated carbocycles. The summed E-state index contributed by atoms with van der Waals surface area (Å²) in [4.78, 5) is 0. The summed E-state index contributed by atoms with van der Waals surface area (Å²) >= 11 is -0.521. The molecule has 0 bridgehead atoms. The van der Waals surface area contributed by atoms with Crippen molar-refractivity contribution in [2.24, 2.45) is 0 Å². The van der Waals surface area contributed by atoms with Gasteiger partial charge in [0.25, 0.3) is 0 Å². The Labute approximate surface area is 77.3 Å². The first-order valence-corrected chi connectivity index (χ1v) is 5.80. The maximum absolute atomic E-state index is 10.4. The van der Waals surface area contributed by atoms with E-state index in [4.69, 9.17) is 4.74 Å². The van der Waals surface area contributed by atoms with Gasteiger partial charge >= 0.3 is 76.9 Å². The fraction of sp³-hybridized carbons (Fsp3) is 0.333. The number of hydrogen-bond acceptors (Lipinski definition) is 2. The van der Waals surface area contributed by atoms with E-state index in [2.05, 4.69) is 6.07 Å². The van der Waals surface area contributed by atoms with Crippen molar-refractivity contribution in [2.45, 2.75) is 17.8 Å². The third kappa shape index (κ3) is 1.43. The number of para-hydroxylation sites is 1. The molecule has 0 fully saturated rings. The van der Waals surface area contributed by atoms with Gasteiger partial charge in [-0.05, 0) is 0 Å². The zero-order valence-electron chi connectivity index (χ0n) is 6.53. The Bertz CT molecular complexity index is 273. The summed E-state index contributed by atoms with van der Waals surface area (Å²) < 4.78 is 16.0. The molecule has 1 aromatic rings. The second-order valence-electron chi connectivity index (χ2n) is 2.84. The van der Waals surface area contributed by atoms with Crippen LogP contribution in [-0.4, -0.2) is 21.0 Å². The summed E-state index contributed by atoms with van der Waals surface area (Å²) in [6.45, 7) is 0. The van der Waals surface area contributed by atoms with Crippen LogP contribution in [0.4, 0.5) is 0 Å². The Kier molecular flexibility index (Phi) is 2.24. The van der Waals surface area contributed by atoms with E-state index >= 15 is 0 Å². The normalized spacial score (nSPS) is 19.8. The van der Waals surface area contributed by atoms with Gasteiger partial charge in [0.05, 0.1) is 0 Å². The van der Waals surface area contributed by atoms with E-state index in [9.17, 15) is 3.83 Å². The first-order valence-electron chi connectivity index (χ1n) is 3.89. The molecule has 1 unspecified atom stereocenters. The Morgan fingerprint density at radius 3 is 3.08 bits per heavy atom.